The molecule has 6 heteroatoms. The number of furan rings is 1. The largest absolute Gasteiger partial charge is 0.463 e. The van der Waals surface area contributed by atoms with Crippen molar-refractivity contribution in [3.8, 4) is 28.8 Å². The monoisotopic (exact) mass is 395 g/mol. The summed E-state index contributed by atoms with van der Waals surface area (Å²) in [5.41, 5.74) is 3.82. The molecule has 0 saturated carbocycles. The summed E-state index contributed by atoms with van der Waals surface area (Å²) in [6.07, 6.45) is 3.43. The van der Waals surface area contributed by atoms with Gasteiger partial charge in [0.05, 0.1) is 17.2 Å². The van der Waals surface area contributed by atoms with Crippen LogP contribution in [0, 0.1) is 11.3 Å². The minimum Gasteiger partial charge on any atom is -0.463 e. The smallest absolute Gasteiger partial charge is 0.174 e. The summed E-state index contributed by atoms with van der Waals surface area (Å²) in [4.78, 5) is 4.54. The molecule has 0 amide bonds. The zero-order valence-corrected chi connectivity index (χ0v) is 15.9. The zero-order valence-electron chi connectivity index (χ0n) is 15.1. The summed E-state index contributed by atoms with van der Waals surface area (Å²) in [7, 11) is 0. The van der Waals surface area contributed by atoms with E-state index in [9.17, 15) is 5.26 Å². The third-order valence-electron chi connectivity index (χ3n) is 4.48. The zero-order chi connectivity index (χ0) is 19.6. The van der Waals surface area contributed by atoms with Crippen molar-refractivity contribution in [2.75, 3.05) is 0 Å². The number of fused-ring (bicyclic) bond motifs is 1. The van der Waals surface area contributed by atoms with Crippen molar-refractivity contribution in [2.45, 2.75) is 0 Å². The van der Waals surface area contributed by atoms with Gasteiger partial charge in [-0.15, -0.1) is 11.3 Å². The van der Waals surface area contributed by atoms with Crippen LogP contribution in [0.4, 0.5) is 0 Å². The quantitative estimate of drug-likeness (QED) is 0.335. The van der Waals surface area contributed by atoms with Crippen molar-refractivity contribution in [3.05, 3.63) is 82.9 Å². The molecule has 5 aromatic rings. The Balaban J connectivity index is 1.54. The molecule has 0 aliphatic carbocycles. The SMILES string of the molecule is N#C/C(=C\c1ccc2noc(-c3ccccc3)c2c1)c1nc(-c2ccco2)cs1. The van der Waals surface area contributed by atoms with Crippen LogP contribution in [-0.2, 0) is 0 Å². The molecule has 0 aliphatic rings. The molecule has 29 heavy (non-hydrogen) atoms. The maximum atomic E-state index is 9.68. The molecule has 0 radical (unpaired) electrons. The van der Waals surface area contributed by atoms with E-state index in [0.29, 0.717) is 22.1 Å². The van der Waals surface area contributed by atoms with Gasteiger partial charge in [0.15, 0.2) is 11.5 Å². The minimum absolute atomic E-state index is 0.491. The third kappa shape index (κ3) is 3.24. The lowest BCUT2D eigenvalue weighted by Crippen LogP contribution is -1.83. The second-order valence-corrected chi connectivity index (χ2v) is 7.20. The Kier molecular flexibility index (Phi) is 4.28. The Hall–Kier alpha value is -3.95. The van der Waals surface area contributed by atoms with Crippen LogP contribution in [0.1, 0.15) is 10.6 Å². The van der Waals surface area contributed by atoms with E-state index in [1.807, 2.05) is 72.1 Å². The van der Waals surface area contributed by atoms with E-state index in [0.717, 1.165) is 27.7 Å². The molecular formula is C23H13N3O2S. The van der Waals surface area contributed by atoms with E-state index in [4.69, 9.17) is 8.94 Å². The number of benzene rings is 2. The summed E-state index contributed by atoms with van der Waals surface area (Å²) in [6.45, 7) is 0. The lowest BCUT2D eigenvalue weighted by Gasteiger charge is -1.99. The average Bonchev–Trinajstić information content (AvgIpc) is 3.52. The number of thiazole rings is 1. The molecule has 0 saturated heterocycles. The molecule has 3 heterocycles. The van der Waals surface area contributed by atoms with E-state index in [1.54, 1.807) is 6.26 Å². The Morgan fingerprint density at radius 2 is 1.97 bits per heavy atom. The first-order chi connectivity index (χ1) is 14.3. The minimum atomic E-state index is 0.491. The number of rotatable bonds is 4. The first-order valence-corrected chi connectivity index (χ1v) is 9.76. The molecule has 5 nitrogen and oxygen atoms in total. The van der Waals surface area contributed by atoms with Crippen LogP contribution >= 0.6 is 11.3 Å². The number of hydrogen-bond donors (Lipinski definition) is 0. The van der Waals surface area contributed by atoms with Crippen molar-refractivity contribution in [2.24, 2.45) is 0 Å². The fourth-order valence-corrected chi connectivity index (χ4v) is 3.86. The van der Waals surface area contributed by atoms with Crippen LogP contribution in [0.15, 0.2) is 81.2 Å². The Morgan fingerprint density at radius 3 is 2.76 bits per heavy atom. The lowest BCUT2D eigenvalue weighted by atomic mass is 10.0. The highest BCUT2D eigenvalue weighted by atomic mass is 32.1. The fourth-order valence-electron chi connectivity index (χ4n) is 3.09. The highest BCUT2D eigenvalue weighted by Gasteiger charge is 2.13. The van der Waals surface area contributed by atoms with Crippen molar-refractivity contribution >= 4 is 33.9 Å². The van der Waals surface area contributed by atoms with Gasteiger partial charge in [0.1, 0.15) is 22.3 Å². The number of nitrogens with zero attached hydrogens (tertiary/aromatic N) is 3. The van der Waals surface area contributed by atoms with Crippen molar-refractivity contribution in [3.63, 3.8) is 0 Å². The van der Waals surface area contributed by atoms with Gasteiger partial charge in [-0.3, -0.25) is 0 Å². The number of hydrogen-bond acceptors (Lipinski definition) is 6. The van der Waals surface area contributed by atoms with Crippen molar-refractivity contribution < 1.29 is 8.94 Å². The molecule has 3 aromatic heterocycles. The summed E-state index contributed by atoms with van der Waals surface area (Å²) in [6, 6.07) is 21.5. The maximum absolute atomic E-state index is 9.68. The van der Waals surface area contributed by atoms with Gasteiger partial charge in [-0.1, -0.05) is 41.6 Å². The van der Waals surface area contributed by atoms with Crippen LogP contribution in [0.3, 0.4) is 0 Å². The van der Waals surface area contributed by atoms with Crippen LogP contribution in [0.5, 0.6) is 0 Å². The molecular weight excluding hydrogens is 382 g/mol. The molecule has 0 fully saturated rings. The predicted octanol–water partition coefficient (Wildman–Crippen LogP) is 6.28. The van der Waals surface area contributed by atoms with Gasteiger partial charge in [0, 0.05) is 10.9 Å². The van der Waals surface area contributed by atoms with Crippen LogP contribution < -0.4 is 0 Å². The molecule has 0 aliphatic heterocycles. The van der Waals surface area contributed by atoms with Crippen LogP contribution in [0.25, 0.3) is 45.3 Å². The maximum Gasteiger partial charge on any atom is 0.174 e. The predicted molar refractivity (Wildman–Crippen MR) is 113 cm³/mol. The lowest BCUT2D eigenvalue weighted by molar-refractivity contribution is 0.441. The topological polar surface area (TPSA) is 75.8 Å². The molecule has 2 aromatic carbocycles. The Morgan fingerprint density at radius 1 is 1.07 bits per heavy atom. The highest BCUT2D eigenvalue weighted by Crippen LogP contribution is 2.31. The summed E-state index contributed by atoms with van der Waals surface area (Å²) in [5, 5.41) is 17.3. The molecule has 0 atom stereocenters. The number of nitriles is 1. The molecule has 0 unspecified atom stereocenters. The van der Waals surface area contributed by atoms with Gasteiger partial charge >= 0.3 is 0 Å². The van der Waals surface area contributed by atoms with Gasteiger partial charge in [-0.2, -0.15) is 5.26 Å². The Bertz CT molecular complexity index is 1360. The van der Waals surface area contributed by atoms with Crippen LogP contribution in [0.2, 0.25) is 0 Å². The van der Waals surface area contributed by atoms with E-state index < -0.39 is 0 Å². The second kappa shape index (κ2) is 7.23. The standard InChI is InChI=1S/C23H13N3O2S/c24-13-17(23-25-20(14-29-23)21-7-4-10-27-21)11-15-8-9-19-18(12-15)22(28-26-19)16-5-2-1-3-6-16/h1-12,14H/b17-11+. The molecule has 0 bridgehead atoms. The molecule has 138 valence electrons. The highest BCUT2D eigenvalue weighted by molar-refractivity contribution is 7.11. The number of allylic oxidation sites excluding steroid dienone is 1. The first kappa shape index (κ1) is 17.2. The van der Waals surface area contributed by atoms with E-state index in [-0.39, 0.29) is 0 Å². The fraction of sp³-hybridized carbons (Fsp3) is 0. The number of aromatic nitrogens is 2. The van der Waals surface area contributed by atoms with Gasteiger partial charge < -0.3 is 8.94 Å². The van der Waals surface area contributed by atoms with Gasteiger partial charge in [-0.25, -0.2) is 4.98 Å². The van der Waals surface area contributed by atoms with E-state index in [2.05, 4.69) is 16.2 Å². The molecule has 0 N–H and O–H groups in total. The summed E-state index contributed by atoms with van der Waals surface area (Å²) >= 11 is 1.41. The third-order valence-corrected chi connectivity index (χ3v) is 5.35. The molecule has 0 spiro atoms. The summed E-state index contributed by atoms with van der Waals surface area (Å²) in [5.74, 6) is 1.40. The van der Waals surface area contributed by atoms with Gasteiger partial charge in [-0.05, 0) is 35.9 Å². The first-order valence-electron chi connectivity index (χ1n) is 8.88. The van der Waals surface area contributed by atoms with Gasteiger partial charge in [0.2, 0.25) is 0 Å². The normalized spacial score (nSPS) is 11.6. The average molecular weight is 395 g/mol. The van der Waals surface area contributed by atoms with Crippen molar-refractivity contribution in [1.82, 2.24) is 10.1 Å². The van der Waals surface area contributed by atoms with E-state index >= 15 is 0 Å². The van der Waals surface area contributed by atoms with Gasteiger partial charge in [0.25, 0.3) is 0 Å². The van der Waals surface area contributed by atoms with Crippen molar-refractivity contribution in [1.29, 1.82) is 5.26 Å². The van der Waals surface area contributed by atoms with E-state index in [1.165, 1.54) is 11.3 Å². The van der Waals surface area contributed by atoms with Crippen LogP contribution in [-0.4, -0.2) is 10.1 Å². The Labute approximate surface area is 170 Å². The molecule has 5 rings (SSSR count). The summed E-state index contributed by atoms with van der Waals surface area (Å²) < 4.78 is 10.9. The second-order valence-electron chi connectivity index (χ2n) is 6.34.